The molecule has 0 atom stereocenters. The molecule has 5 nitrogen and oxygen atoms in total. The van der Waals surface area contributed by atoms with Crippen LogP contribution in [0.5, 0.6) is 0 Å². The number of carbonyl (C=O) groups excluding carboxylic acids is 1. The molecule has 0 bridgehead atoms. The Labute approximate surface area is 188 Å². The van der Waals surface area contributed by atoms with Gasteiger partial charge in [0, 0.05) is 36.5 Å². The van der Waals surface area contributed by atoms with E-state index in [2.05, 4.69) is 34.6 Å². The highest BCUT2D eigenvalue weighted by atomic mass is 32.2. The molecular formula is C25H31N3O2S. The number of nitrogens with zero attached hydrogens (tertiary/aromatic N) is 1. The molecule has 0 saturated carbocycles. The number of aliphatic hydroxyl groups is 1. The molecule has 1 aromatic heterocycles. The zero-order valence-corrected chi connectivity index (χ0v) is 18.7. The lowest BCUT2D eigenvalue weighted by atomic mass is 10.1. The summed E-state index contributed by atoms with van der Waals surface area (Å²) >= 11 is 1.70. The van der Waals surface area contributed by atoms with Crippen LogP contribution < -0.4 is 5.32 Å². The van der Waals surface area contributed by atoms with Crippen molar-refractivity contribution in [2.45, 2.75) is 43.7 Å². The van der Waals surface area contributed by atoms with Crippen LogP contribution in [0, 0.1) is 0 Å². The largest absolute Gasteiger partial charge is 0.396 e. The van der Waals surface area contributed by atoms with Gasteiger partial charge in [0.25, 0.3) is 0 Å². The quantitative estimate of drug-likeness (QED) is 0.251. The molecule has 0 unspecified atom stereocenters. The van der Waals surface area contributed by atoms with Gasteiger partial charge in [0.1, 0.15) is 0 Å². The second kappa shape index (κ2) is 13.0. The highest BCUT2D eigenvalue weighted by Gasteiger charge is 2.14. The van der Waals surface area contributed by atoms with Crippen LogP contribution in [-0.2, 0) is 4.79 Å². The lowest BCUT2D eigenvalue weighted by molar-refractivity contribution is -0.121. The van der Waals surface area contributed by atoms with Gasteiger partial charge in [-0.1, -0.05) is 72.4 Å². The van der Waals surface area contributed by atoms with Crippen molar-refractivity contribution in [1.29, 1.82) is 0 Å². The molecule has 31 heavy (non-hydrogen) atoms. The van der Waals surface area contributed by atoms with E-state index in [0.717, 1.165) is 65.5 Å². The Balaban J connectivity index is 1.49. The lowest BCUT2D eigenvalue weighted by Gasteiger charge is -2.04. The van der Waals surface area contributed by atoms with Gasteiger partial charge in [0.15, 0.2) is 5.16 Å². The molecule has 6 heteroatoms. The number of imidazole rings is 1. The fraction of sp³-hybridized carbons (Fsp3) is 0.360. The molecule has 1 amide bonds. The monoisotopic (exact) mass is 437 g/mol. The number of amides is 1. The number of hydrogen-bond acceptors (Lipinski definition) is 4. The van der Waals surface area contributed by atoms with E-state index in [1.807, 2.05) is 36.4 Å². The molecule has 0 radical (unpaired) electrons. The number of aromatic amines is 1. The maximum Gasteiger partial charge on any atom is 0.219 e. The third-order valence-electron chi connectivity index (χ3n) is 4.99. The smallest absolute Gasteiger partial charge is 0.219 e. The number of hydrogen-bond donors (Lipinski definition) is 3. The van der Waals surface area contributed by atoms with Crippen molar-refractivity contribution in [1.82, 2.24) is 15.3 Å². The Morgan fingerprint density at radius 1 is 0.903 bits per heavy atom. The fourth-order valence-electron chi connectivity index (χ4n) is 3.32. The Morgan fingerprint density at radius 3 is 2.32 bits per heavy atom. The van der Waals surface area contributed by atoms with E-state index in [-0.39, 0.29) is 12.5 Å². The Morgan fingerprint density at radius 2 is 1.61 bits per heavy atom. The summed E-state index contributed by atoms with van der Waals surface area (Å²) in [4.78, 5) is 20.2. The second-order valence-electron chi connectivity index (χ2n) is 7.44. The summed E-state index contributed by atoms with van der Waals surface area (Å²) in [7, 11) is 0. The van der Waals surface area contributed by atoms with Crippen LogP contribution in [0.25, 0.3) is 22.5 Å². The van der Waals surface area contributed by atoms with E-state index in [9.17, 15) is 4.79 Å². The van der Waals surface area contributed by atoms with E-state index in [4.69, 9.17) is 10.1 Å². The highest BCUT2D eigenvalue weighted by Crippen LogP contribution is 2.32. The first-order chi connectivity index (χ1) is 15.3. The second-order valence-corrected chi connectivity index (χ2v) is 8.52. The number of H-pyrrole nitrogens is 1. The third kappa shape index (κ3) is 7.56. The molecule has 3 N–H and O–H groups in total. The Kier molecular flexibility index (Phi) is 9.67. The van der Waals surface area contributed by atoms with Crippen molar-refractivity contribution >= 4 is 17.7 Å². The molecule has 0 saturated heterocycles. The number of carbonyl (C=O) groups is 1. The van der Waals surface area contributed by atoms with Crippen LogP contribution in [0.3, 0.4) is 0 Å². The van der Waals surface area contributed by atoms with Crippen molar-refractivity contribution in [3.8, 4) is 22.5 Å². The minimum Gasteiger partial charge on any atom is -0.396 e. The van der Waals surface area contributed by atoms with Crippen molar-refractivity contribution < 1.29 is 9.90 Å². The molecule has 3 aromatic rings. The first-order valence-corrected chi connectivity index (χ1v) is 12.0. The number of unbranched alkanes of at least 4 members (excludes halogenated alkanes) is 3. The van der Waals surface area contributed by atoms with Gasteiger partial charge < -0.3 is 15.4 Å². The summed E-state index contributed by atoms with van der Waals surface area (Å²) in [5.74, 6) is 1.03. The third-order valence-corrected chi connectivity index (χ3v) is 5.95. The topological polar surface area (TPSA) is 78.0 Å². The minimum atomic E-state index is 0.115. The van der Waals surface area contributed by atoms with Gasteiger partial charge in [0.05, 0.1) is 11.4 Å². The molecule has 0 aliphatic carbocycles. The first-order valence-electron chi connectivity index (χ1n) is 11.0. The van der Waals surface area contributed by atoms with Crippen LogP contribution in [0.1, 0.15) is 38.5 Å². The zero-order valence-electron chi connectivity index (χ0n) is 17.8. The summed E-state index contributed by atoms with van der Waals surface area (Å²) < 4.78 is 0. The van der Waals surface area contributed by atoms with Crippen LogP contribution in [0.4, 0.5) is 0 Å². The number of thioether (sulfide) groups is 1. The van der Waals surface area contributed by atoms with Gasteiger partial charge in [-0.2, -0.15) is 0 Å². The predicted octanol–water partition coefficient (Wildman–Crippen LogP) is 5.28. The molecule has 0 aliphatic rings. The van der Waals surface area contributed by atoms with Crippen LogP contribution in [-0.4, -0.2) is 39.9 Å². The van der Waals surface area contributed by atoms with Crippen molar-refractivity contribution in [2.24, 2.45) is 0 Å². The summed E-state index contributed by atoms with van der Waals surface area (Å²) in [6.07, 6.45) is 5.07. The van der Waals surface area contributed by atoms with Crippen molar-refractivity contribution in [3.63, 3.8) is 0 Å². The maximum atomic E-state index is 11.9. The predicted molar refractivity (Wildman–Crippen MR) is 128 cm³/mol. The molecule has 164 valence electrons. The van der Waals surface area contributed by atoms with E-state index in [1.165, 1.54) is 0 Å². The van der Waals surface area contributed by atoms with E-state index < -0.39 is 0 Å². The number of rotatable bonds is 13. The van der Waals surface area contributed by atoms with E-state index in [0.29, 0.717) is 13.0 Å². The van der Waals surface area contributed by atoms with Crippen molar-refractivity contribution in [3.05, 3.63) is 60.7 Å². The molecular weight excluding hydrogens is 406 g/mol. The van der Waals surface area contributed by atoms with Crippen molar-refractivity contribution in [2.75, 3.05) is 18.9 Å². The standard InChI is InChI=1S/C25H31N3O2S/c29-18-10-3-9-17-26-22(30)16-8-11-19-31-25-27-23(20-12-4-1-5-13-20)24(28-25)21-14-6-2-7-15-21/h1-2,4-7,12-15,29H,3,8-11,16-19H2,(H,26,30)(H,27,28). The summed E-state index contributed by atoms with van der Waals surface area (Å²) in [5, 5.41) is 12.6. The van der Waals surface area contributed by atoms with Crippen LogP contribution in [0.2, 0.25) is 0 Å². The van der Waals surface area contributed by atoms with E-state index in [1.54, 1.807) is 11.8 Å². The average Bonchev–Trinajstić information content (AvgIpc) is 3.24. The number of nitrogens with one attached hydrogen (secondary N) is 2. The maximum absolute atomic E-state index is 11.9. The minimum absolute atomic E-state index is 0.115. The van der Waals surface area contributed by atoms with Gasteiger partial charge in [-0.3, -0.25) is 4.79 Å². The zero-order chi connectivity index (χ0) is 21.7. The van der Waals surface area contributed by atoms with Crippen LogP contribution in [0.15, 0.2) is 65.8 Å². The van der Waals surface area contributed by atoms with E-state index >= 15 is 0 Å². The number of aromatic nitrogens is 2. The number of aliphatic hydroxyl groups excluding tert-OH is 1. The summed E-state index contributed by atoms with van der Waals surface area (Å²) in [6.45, 7) is 0.922. The molecule has 2 aromatic carbocycles. The summed E-state index contributed by atoms with van der Waals surface area (Å²) in [6, 6.07) is 20.5. The number of benzene rings is 2. The SMILES string of the molecule is O=C(CCCCSc1nc(-c2ccccc2)c(-c2ccccc2)[nH]1)NCCCCCO. The molecule has 0 aliphatic heterocycles. The first kappa shape index (κ1) is 23.1. The molecule has 1 heterocycles. The summed E-state index contributed by atoms with van der Waals surface area (Å²) in [5.41, 5.74) is 4.22. The molecule has 0 fully saturated rings. The van der Waals surface area contributed by atoms with Gasteiger partial charge in [-0.25, -0.2) is 4.98 Å². The normalized spacial score (nSPS) is 10.9. The van der Waals surface area contributed by atoms with Gasteiger partial charge >= 0.3 is 0 Å². The average molecular weight is 438 g/mol. The van der Waals surface area contributed by atoms with Gasteiger partial charge in [-0.05, 0) is 32.1 Å². The lowest BCUT2D eigenvalue weighted by Crippen LogP contribution is -2.24. The highest BCUT2D eigenvalue weighted by molar-refractivity contribution is 7.99. The van der Waals surface area contributed by atoms with Crippen LogP contribution >= 0.6 is 11.8 Å². The Bertz CT molecular complexity index is 856. The fourth-order valence-corrected chi connectivity index (χ4v) is 4.20. The van der Waals surface area contributed by atoms with Gasteiger partial charge in [0.2, 0.25) is 5.91 Å². The molecule has 0 spiro atoms. The Hall–Kier alpha value is -2.57. The molecule has 3 rings (SSSR count). The van der Waals surface area contributed by atoms with Gasteiger partial charge in [-0.15, -0.1) is 0 Å².